The molecule has 0 unspecified atom stereocenters. The maximum Gasteiger partial charge on any atom is 0.339 e. The Morgan fingerprint density at radius 1 is 0.929 bits per heavy atom. The van der Waals surface area contributed by atoms with Crippen LogP contribution in [0.15, 0.2) is 94.9 Å². The minimum atomic E-state index is -4.08. The van der Waals surface area contributed by atoms with Gasteiger partial charge in [0.2, 0.25) is 0 Å². The van der Waals surface area contributed by atoms with E-state index in [0.29, 0.717) is 39.4 Å². The zero-order valence-electron chi connectivity index (χ0n) is 23.2. The first-order chi connectivity index (χ1) is 20.2. The highest BCUT2D eigenvalue weighted by atomic mass is 127. The summed E-state index contributed by atoms with van der Waals surface area (Å²) in [7, 11) is -2.67. The lowest BCUT2D eigenvalue weighted by Gasteiger charge is -2.14. The number of halogens is 1. The number of rotatable bonds is 12. The average molecular weight is 701 g/mol. The van der Waals surface area contributed by atoms with E-state index in [4.69, 9.17) is 18.4 Å². The van der Waals surface area contributed by atoms with Gasteiger partial charge in [-0.25, -0.2) is 5.43 Å². The van der Waals surface area contributed by atoms with Crippen LogP contribution in [0.5, 0.6) is 23.0 Å². The minimum absolute atomic E-state index is 0.0302. The summed E-state index contributed by atoms with van der Waals surface area (Å²) in [5, 5.41) is 4.05. The molecule has 0 fully saturated rings. The Hall–Kier alpha value is -4.10. The molecule has 0 saturated heterocycles. The number of amides is 1. The normalized spacial score (nSPS) is 11.2. The van der Waals surface area contributed by atoms with Crippen molar-refractivity contribution in [3.8, 4) is 23.0 Å². The van der Waals surface area contributed by atoms with Crippen LogP contribution in [0.3, 0.4) is 0 Å². The summed E-state index contributed by atoms with van der Waals surface area (Å²) in [6, 6.07) is 24.2. The Bertz CT molecular complexity index is 1680. The number of aryl methyl sites for hydroxylation is 1. The van der Waals surface area contributed by atoms with Gasteiger partial charge in [0, 0.05) is 5.56 Å². The molecular formula is C31H29IN2O7S. The number of carbonyl (C=O) groups excluding carboxylic acids is 1. The molecule has 1 N–H and O–H groups in total. The molecule has 4 aromatic rings. The number of nitrogens with zero attached hydrogens (tertiary/aromatic N) is 1. The second kappa shape index (κ2) is 14.2. The fourth-order valence-corrected chi connectivity index (χ4v) is 5.60. The van der Waals surface area contributed by atoms with Gasteiger partial charge in [-0.05, 0) is 90.0 Å². The van der Waals surface area contributed by atoms with Crippen molar-refractivity contribution in [2.24, 2.45) is 5.10 Å². The van der Waals surface area contributed by atoms with Gasteiger partial charge in [-0.1, -0.05) is 48.0 Å². The first-order valence-corrected chi connectivity index (χ1v) is 15.3. The molecule has 0 heterocycles. The molecule has 0 aliphatic heterocycles. The Morgan fingerprint density at radius 3 is 2.36 bits per heavy atom. The highest BCUT2D eigenvalue weighted by molar-refractivity contribution is 14.1. The van der Waals surface area contributed by atoms with Crippen LogP contribution in [0.25, 0.3) is 0 Å². The molecule has 0 spiro atoms. The van der Waals surface area contributed by atoms with E-state index < -0.39 is 16.0 Å². The Morgan fingerprint density at radius 2 is 1.67 bits per heavy atom. The molecule has 1 amide bonds. The maximum absolute atomic E-state index is 12.8. The van der Waals surface area contributed by atoms with Crippen molar-refractivity contribution in [2.45, 2.75) is 25.3 Å². The predicted octanol–water partition coefficient (Wildman–Crippen LogP) is 6.12. The summed E-state index contributed by atoms with van der Waals surface area (Å²) >= 11 is 1.95. The fraction of sp³-hybridized carbons (Fsp3) is 0.161. The Balaban J connectivity index is 1.45. The smallest absolute Gasteiger partial charge is 0.339 e. The molecular weight excluding hydrogens is 671 g/mol. The van der Waals surface area contributed by atoms with Gasteiger partial charge < -0.3 is 18.4 Å². The molecule has 4 rings (SSSR count). The molecule has 0 aliphatic carbocycles. The molecule has 0 aromatic heterocycles. The summed E-state index contributed by atoms with van der Waals surface area (Å²) in [4.78, 5) is 12.8. The third-order valence-electron chi connectivity index (χ3n) is 5.88. The first kappa shape index (κ1) is 30.8. The highest BCUT2D eigenvalue weighted by Crippen LogP contribution is 2.36. The van der Waals surface area contributed by atoms with Crippen LogP contribution in [0.2, 0.25) is 0 Å². The number of methoxy groups -OCH3 is 1. The van der Waals surface area contributed by atoms with Crippen LogP contribution >= 0.6 is 22.6 Å². The second-order valence-electron chi connectivity index (χ2n) is 8.95. The van der Waals surface area contributed by atoms with Crippen LogP contribution in [0, 0.1) is 10.5 Å². The molecule has 0 radical (unpaired) electrons. The summed E-state index contributed by atoms with van der Waals surface area (Å²) in [6.45, 7) is 4.48. The molecule has 0 bridgehead atoms. The van der Waals surface area contributed by atoms with E-state index in [1.165, 1.54) is 25.5 Å². The number of ether oxygens (including phenoxy) is 3. The van der Waals surface area contributed by atoms with Crippen molar-refractivity contribution >= 4 is 44.8 Å². The Labute approximate surface area is 258 Å². The zero-order valence-corrected chi connectivity index (χ0v) is 26.1. The SMILES string of the molecule is CCOc1cc(C(=O)N/N=C/c2cc(I)c(OS(=O)(=O)c3ccc(C)cc3)c(OC)c2)ccc1OCc1ccccc1. The molecule has 0 aliphatic rings. The van der Waals surface area contributed by atoms with Gasteiger partial charge in [-0.2, -0.15) is 13.5 Å². The summed E-state index contributed by atoms with van der Waals surface area (Å²) in [5.74, 6) is 0.762. The molecule has 42 heavy (non-hydrogen) atoms. The Kier molecular flexibility index (Phi) is 10.4. The lowest BCUT2D eigenvalue weighted by molar-refractivity contribution is 0.0954. The van der Waals surface area contributed by atoms with Gasteiger partial charge in [-0.15, -0.1) is 0 Å². The maximum atomic E-state index is 12.8. The van der Waals surface area contributed by atoms with Gasteiger partial charge in [0.15, 0.2) is 23.0 Å². The van der Waals surface area contributed by atoms with Gasteiger partial charge in [0.1, 0.15) is 11.5 Å². The molecule has 11 heteroatoms. The van der Waals surface area contributed by atoms with E-state index in [0.717, 1.165) is 11.1 Å². The van der Waals surface area contributed by atoms with E-state index in [9.17, 15) is 13.2 Å². The van der Waals surface area contributed by atoms with Crippen molar-refractivity contribution in [1.29, 1.82) is 0 Å². The predicted molar refractivity (Wildman–Crippen MR) is 168 cm³/mol. The van der Waals surface area contributed by atoms with Gasteiger partial charge >= 0.3 is 10.1 Å². The zero-order chi connectivity index (χ0) is 30.1. The number of nitrogens with one attached hydrogen (secondary N) is 1. The van der Waals surface area contributed by atoms with Crippen molar-refractivity contribution in [1.82, 2.24) is 5.43 Å². The van der Waals surface area contributed by atoms with Crippen LogP contribution < -0.4 is 23.8 Å². The summed E-state index contributed by atoms with van der Waals surface area (Å²) < 4.78 is 48.5. The van der Waals surface area contributed by atoms with E-state index >= 15 is 0 Å². The third-order valence-corrected chi connectivity index (χ3v) is 7.91. The van der Waals surface area contributed by atoms with Gasteiger partial charge in [-0.3, -0.25) is 4.79 Å². The van der Waals surface area contributed by atoms with E-state index in [1.807, 2.05) is 66.8 Å². The van der Waals surface area contributed by atoms with Gasteiger partial charge in [0.05, 0.1) is 23.5 Å². The van der Waals surface area contributed by atoms with Crippen molar-refractivity contribution in [2.75, 3.05) is 13.7 Å². The molecule has 0 saturated carbocycles. The fourth-order valence-electron chi connectivity index (χ4n) is 3.76. The second-order valence-corrected chi connectivity index (χ2v) is 11.7. The average Bonchev–Trinajstić information content (AvgIpc) is 2.98. The summed E-state index contributed by atoms with van der Waals surface area (Å²) in [5.41, 5.74) is 5.32. The molecule has 9 nitrogen and oxygen atoms in total. The lowest BCUT2D eigenvalue weighted by atomic mass is 10.2. The van der Waals surface area contributed by atoms with Crippen molar-refractivity contribution < 1.29 is 31.6 Å². The number of hydrogen-bond acceptors (Lipinski definition) is 8. The number of carbonyl (C=O) groups is 1. The standard InChI is InChI=1S/C31H29IN2O7S/c1-4-39-28-18-24(12-15-27(28)40-20-22-8-6-5-7-9-22)31(35)34-33-19-23-16-26(32)30(29(17-23)38-3)41-42(36,37)25-13-10-21(2)11-14-25/h5-19H,4,20H2,1-3H3,(H,34,35)/b33-19+. The van der Waals surface area contributed by atoms with Gasteiger partial charge in [0.25, 0.3) is 5.91 Å². The van der Waals surface area contributed by atoms with Crippen LogP contribution in [0.4, 0.5) is 0 Å². The van der Waals surface area contributed by atoms with Crippen molar-refractivity contribution in [3.05, 3.63) is 111 Å². The number of hydrazone groups is 1. The number of hydrogen-bond donors (Lipinski definition) is 1. The van der Waals surface area contributed by atoms with E-state index in [1.54, 1.807) is 42.5 Å². The van der Waals surface area contributed by atoms with Crippen LogP contribution in [-0.2, 0) is 16.7 Å². The van der Waals surface area contributed by atoms with E-state index in [2.05, 4.69) is 10.5 Å². The van der Waals surface area contributed by atoms with Crippen LogP contribution in [-0.4, -0.2) is 34.3 Å². The third kappa shape index (κ3) is 8.01. The largest absolute Gasteiger partial charge is 0.493 e. The minimum Gasteiger partial charge on any atom is -0.493 e. The topological polar surface area (TPSA) is 113 Å². The van der Waals surface area contributed by atoms with E-state index in [-0.39, 0.29) is 16.4 Å². The number of benzene rings is 4. The molecule has 218 valence electrons. The quantitative estimate of drug-likeness (QED) is 0.0821. The van der Waals surface area contributed by atoms with Crippen molar-refractivity contribution in [3.63, 3.8) is 0 Å². The highest BCUT2D eigenvalue weighted by Gasteiger charge is 2.22. The molecule has 0 atom stereocenters. The first-order valence-electron chi connectivity index (χ1n) is 12.9. The lowest BCUT2D eigenvalue weighted by Crippen LogP contribution is -2.18. The molecule has 4 aromatic carbocycles. The monoisotopic (exact) mass is 700 g/mol. The summed E-state index contributed by atoms with van der Waals surface area (Å²) in [6.07, 6.45) is 1.42. The van der Waals surface area contributed by atoms with Crippen LogP contribution in [0.1, 0.15) is 34.0 Å².